The molecule has 0 bridgehead atoms. The highest BCUT2D eigenvalue weighted by atomic mass is 16.5. The lowest BCUT2D eigenvalue weighted by Crippen LogP contribution is -2.40. The predicted octanol–water partition coefficient (Wildman–Crippen LogP) is 9.43. The molecule has 216 valence electrons. The highest BCUT2D eigenvalue weighted by molar-refractivity contribution is 6.23. The van der Waals surface area contributed by atoms with Crippen molar-refractivity contribution in [2.75, 3.05) is 12.0 Å². The first-order chi connectivity index (χ1) is 22.1. The largest absolute Gasteiger partial charge is 0.497 e. The van der Waals surface area contributed by atoms with E-state index in [-0.39, 0.29) is 5.91 Å². The molecule has 45 heavy (non-hydrogen) atoms. The van der Waals surface area contributed by atoms with Crippen molar-refractivity contribution in [2.45, 2.75) is 18.9 Å². The van der Waals surface area contributed by atoms with Crippen LogP contribution >= 0.6 is 0 Å². The first-order valence-electron chi connectivity index (χ1n) is 15.3. The SMILES string of the molecule is COc1ccc2c(c1)C1(C(=O)N(Cc3ccccc3)c3ccc(C)cc31)c1c-2oc2c1c(-c1ccccc1)cc1ccccc12. The van der Waals surface area contributed by atoms with E-state index in [0.29, 0.717) is 12.3 Å². The van der Waals surface area contributed by atoms with Crippen molar-refractivity contribution in [1.82, 2.24) is 0 Å². The number of carbonyl (C=O) groups is 1. The summed E-state index contributed by atoms with van der Waals surface area (Å²) >= 11 is 0. The van der Waals surface area contributed by atoms with Gasteiger partial charge in [-0.1, -0.05) is 103 Å². The third-order valence-electron chi connectivity index (χ3n) is 9.61. The molecular formula is C41H29NO3. The van der Waals surface area contributed by atoms with Crippen molar-refractivity contribution in [3.63, 3.8) is 0 Å². The van der Waals surface area contributed by atoms with Crippen LogP contribution in [0.1, 0.15) is 27.8 Å². The minimum absolute atomic E-state index is 0.0232. The molecule has 0 saturated heterocycles. The van der Waals surface area contributed by atoms with Crippen LogP contribution in [0.3, 0.4) is 0 Å². The molecule has 1 aromatic heterocycles. The molecule has 1 amide bonds. The van der Waals surface area contributed by atoms with E-state index in [1.807, 2.05) is 47.4 Å². The standard InChI is InChI=1S/C41H29NO3/c1-25-17-20-35-34(21-25)41(40(43)42(35)24-26-11-5-3-6-12-26)33-23-29(44-2)18-19-31(33)39-37(41)36-32(27-13-7-4-8-14-27)22-28-15-9-10-16-30(28)38(36)45-39/h3-23H,24H2,1-2H3. The Morgan fingerprint density at radius 2 is 1.51 bits per heavy atom. The van der Waals surface area contributed by atoms with Crippen LogP contribution in [0.2, 0.25) is 0 Å². The number of rotatable bonds is 4. The van der Waals surface area contributed by atoms with E-state index in [1.54, 1.807) is 7.11 Å². The van der Waals surface area contributed by atoms with Crippen molar-refractivity contribution in [3.05, 3.63) is 155 Å². The molecule has 0 radical (unpaired) electrons. The van der Waals surface area contributed by atoms with Gasteiger partial charge in [-0.3, -0.25) is 4.79 Å². The second kappa shape index (κ2) is 9.44. The summed E-state index contributed by atoms with van der Waals surface area (Å²) in [7, 11) is 1.67. The van der Waals surface area contributed by atoms with Crippen LogP contribution in [-0.4, -0.2) is 13.0 Å². The van der Waals surface area contributed by atoms with Crippen LogP contribution in [0.4, 0.5) is 5.69 Å². The van der Waals surface area contributed by atoms with E-state index < -0.39 is 5.41 Å². The second-order valence-corrected chi connectivity index (χ2v) is 12.1. The normalized spacial score (nSPS) is 16.4. The first-order valence-corrected chi connectivity index (χ1v) is 15.3. The zero-order valence-corrected chi connectivity index (χ0v) is 25.0. The fourth-order valence-electron chi connectivity index (χ4n) is 7.66. The smallest absolute Gasteiger partial charge is 0.247 e. The molecule has 4 nitrogen and oxygen atoms in total. The van der Waals surface area contributed by atoms with Gasteiger partial charge in [-0.2, -0.15) is 0 Å². The van der Waals surface area contributed by atoms with Gasteiger partial charge in [0.25, 0.3) is 0 Å². The Balaban J connectivity index is 1.45. The molecule has 1 unspecified atom stereocenters. The van der Waals surface area contributed by atoms with E-state index >= 15 is 4.79 Å². The van der Waals surface area contributed by atoms with Crippen LogP contribution in [-0.2, 0) is 16.8 Å². The van der Waals surface area contributed by atoms with Crippen molar-refractivity contribution in [1.29, 1.82) is 0 Å². The molecule has 1 spiro atoms. The molecule has 0 saturated carbocycles. The molecule has 7 aromatic rings. The van der Waals surface area contributed by atoms with Gasteiger partial charge in [-0.25, -0.2) is 0 Å². The Labute approximate surface area is 261 Å². The molecule has 0 N–H and O–H groups in total. The number of nitrogens with zero attached hydrogens (tertiary/aromatic N) is 1. The quantitative estimate of drug-likeness (QED) is 0.207. The van der Waals surface area contributed by atoms with Gasteiger partial charge in [0.1, 0.15) is 22.5 Å². The number of ether oxygens (including phenoxy) is 1. The van der Waals surface area contributed by atoms with E-state index in [1.165, 1.54) is 0 Å². The lowest BCUT2D eigenvalue weighted by Gasteiger charge is -2.27. The Hall–Kier alpha value is -5.61. The van der Waals surface area contributed by atoms with Crippen molar-refractivity contribution >= 4 is 33.3 Å². The summed E-state index contributed by atoms with van der Waals surface area (Å²) in [6, 6.07) is 43.7. The molecule has 1 atom stereocenters. The van der Waals surface area contributed by atoms with E-state index in [9.17, 15) is 0 Å². The monoisotopic (exact) mass is 583 g/mol. The molecule has 6 aromatic carbocycles. The number of fused-ring (bicyclic) bond motifs is 11. The predicted molar refractivity (Wildman–Crippen MR) is 180 cm³/mol. The number of carbonyl (C=O) groups excluding carboxylic acids is 1. The third kappa shape index (κ3) is 3.45. The van der Waals surface area contributed by atoms with Gasteiger partial charge in [0.05, 0.1) is 13.7 Å². The van der Waals surface area contributed by atoms with Gasteiger partial charge >= 0.3 is 0 Å². The molecule has 2 heterocycles. The zero-order chi connectivity index (χ0) is 30.3. The first kappa shape index (κ1) is 25.8. The number of hydrogen-bond acceptors (Lipinski definition) is 3. The van der Waals surface area contributed by atoms with Gasteiger partial charge in [0.15, 0.2) is 0 Å². The average Bonchev–Trinajstić information content (AvgIpc) is 3.69. The minimum atomic E-state index is -1.12. The van der Waals surface area contributed by atoms with Crippen molar-refractivity contribution < 1.29 is 13.9 Å². The van der Waals surface area contributed by atoms with Crippen molar-refractivity contribution in [2.24, 2.45) is 0 Å². The van der Waals surface area contributed by atoms with Gasteiger partial charge < -0.3 is 14.1 Å². The summed E-state index contributed by atoms with van der Waals surface area (Å²) in [5.41, 5.74) is 8.64. The molecule has 0 fully saturated rings. The minimum Gasteiger partial charge on any atom is -0.497 e. The summed E-state index contributed by atoms with van der Waals surface area (Å²) in [5, 5.41) is 3.11. The Kier molecular flexibility index (Phi) is 5.42. The van der Waals surface area contributed by atoms with Crippen LogP contribution in [0.5, 0.6) is 5.75 Å². The van der Waals surface area contributed by atoms with Crippen LogP contribution in [0.25, 0.3) is 44.2 Å². The van der Waals surface area contributed by atoms with Crippen LogP contribution < -0.4 is 9.64 Å². The van der Waals surface area contributed by atoms with Crippen molar-refractivity contribution in [3.8, 4) is 28.2 Å². The van der Waals surface area contributed by atoms with Gasteiger partial charge in [0, 0.05) is 33.2 Å². The Bertz CT molecular complexity index is 2320. The summed E-state index contributed by atoms with van der Waals surface area (Å²) in [6.45, 7) is 2.56. The van der Waals surface area contributed by atoms with Gasteiger partial charge in [0.2, 0.25) is 5.91 Å². The summed E-state index contributed by atoms with van der Waals surface area (Å²) < 4.78 is 12.8. The summed E-state index contributed by atoms with van der Waals surface area (Å²) in [6.07, 6.45) is 0. The molecule has 2 aliphatic rings. The number of benzene rings is 6. The van der Waals surface area contributed by atoms with E-state index in [4.69, 9.17) is 9.15 Å². The number of aryl methyl sites for hydroxylation is 1. The third-order valence-corrected chi connectivity index (χ3v) is 9.61. The van der Waals surface area contributed by atoms with Gasteiger partial charge in [-0.05, 0) is 64.9 Å². The number of methoxy groups -OCH3 is 1. The molecular weight excluding hydrogens is 554 g/mol. The lowest BCUT2D eigenvalue weighted by molar-refractivity contribution is -0.120. The Morgan fingerprint density at radius 1 is 0.756 bits per heavy atom. The fourth-order valence-corrected chi connectivity index (χ4v) is 7.66. The Morgan fingerprint density at radius 3 is 2.31 bits per heavy atom. The highest BCUT2D eigenvalue weighted by Crippen LogP contribution is 2.63. The van der Waals surface area contributed by atoms with Crippen LogP contribution in [0.15, 0.2) is 132 Å². The average molecular weight is 584 g/mol. The summed E-state index contributed by atoms with van der Waals surface area (Å²) in [5.74, 6) is 1.48. The maximum absolute atomic E-state index is 15.5. The van der Waals surface area contributed by atoms with Crippen LogP contribution in [0, 0.1) is 6.92 Å². The molecule has 4 heteroatoms. The van der Waals surface area contributed by atoms with E-state index in [2.05, 4.69) is 91.9 Å². The maximum atomic E-state index is 15.5. The number of hydrogen-bond donors (Lipinski definition) is 0. The maximum Gasteiger partial charge on any atom is 0.247 e. The fraction of sp³-hybridized carbons (Fsp3) is 0.0976. The number of furan rings is 1. The molecule has 1 aliphatic heterocycles. The lowest BCUT2D eigenvalue weighted by atomic mass is 9.71. The molecule has 9 rings (SSSR count). The second-order valence-electron chi connectivity index (χ2n) is 12.1. The van der Waals surface area contributed by atoms with E-state index in [0.717, 1.165) is 77.7 Å². The highest BCUT2D eigenvalue weighted by Gasteiger charge is 2.60. The topological polar surface area (TPSA) is 42.7 Å². The number of amides is 1. The molecule has 1 aliphatic carbocycles. The zero-order valence-electron chi connectivity index (χ0n) is 25.0. The summed E-state index contributed by atoms with van der Waals surface area (Å²) in [4.78, 5) is 17.5. The van der Waals surface area contributed by atoms with Gasteiger partial charge in [-0.15, -0.1) is 0 Å². The number of anilines is 1.